The fourth-order valence-electron chi connectivity index (χ4n) is 2.71. The number of sulfone groups is 1. The summed E-state index contributed by atoms with van der Waals surface area (Å²) in [5.74, 6) is 0.108. The molecule has 0 spiro atoms. The molecule has 2 unspecified atom stereocenters. The van der Waals surface area contributed by atoms with Crippen molar-refractivity contribution in [2.24, 2.45) is 5.73 Å². The van der Waals surface area contributed by atoms with Crippen molar-refractivity contribution < 1.29 is 22.3 Å². The second-order valence-corrected chi connectivity index (χ2v) is 7.50. The molecule has 7 heteroatoms. The standard InChI is InChI=1S/C14H20FNO4S/c1-19-11-7-9(10(15)8-12(11)20-2)14(16)13-5-3-4-6-21(13,17)18/h7-8,13-14H,3-6,16H2,1-2H3. The SMILES string of the molecule is COc1cc(F)c(C(N)C2CCCCS2(=O)=O)cc1OC. The Hall–Kier alpha value is -1.34. The van der Waals surface area contributed by atoms with Gasteiger partial charge in [-0.3, -0.25) is 0 Å². The van der Waals surface area contributed by atoms with Crippen molar-refractivity contribution in [3.05, 3.63) is 23.5 Å². The molecule has 0 aromatic heterocycles. The summed E-state index contributed by atoms with van der Waals surface area (Å²) in [7, 11) is -0.448. The van der Waals surface area contributed by atoms with Crippen LogP contribution in [0.3, 0.4) is 0 Å². The Bertz CT molecular complexity index is 618. The molecule has 0 radical (unpaired) electrons. The Labute approximate surface area is 124 Å². The molecule has 0 bridgehead atoms. The number of halogens is 1. The Morgan fingerprint density at radius 3 is 2.43 bits per heavy atom. The van der Waals surface area contributed by atoms with E-state index < -0.39 is 26.9 Å². The second kappa shape index (κ2) is 6.19. The third kappa shape index (κ3) is 3.13. The van der Waals surface area contributed by atoms with E-state index in [1.54, 1.807) is 0 Å². The zero-order valence-corrected chi connectivity index (χ0v) is 13.0. The first-order valence-electron chi connectivity index (χ1n) is 6.79. The van der Waals surface area contributed by atoms with E-state index in [9.17, 15) is 12.8 Å². The van der Waals surface area contributed by atoms with Crippen LogP contribution in [-0.4, -0.2) is 33.6 Å². The summed E-state index contributed by atoms with van der Waals surface area (Å²) in [5, 5.41) is -0.751. The minimum atomic E-state index is -3.29. The van der Waals surface area contributed by atoms with Crippen LogP contribution in [0.1, 0.15) is 30.9 Å². The minimum absolute atomic E-state index is 0.111. The van der Waals surface area contributed by atoms with Gasteiger partial charge in [0.15, 0.2) is 21.3 Å². The van der Waals surface area contributed by atoms with E-state index in [1.165, 1.54) is 26.4 Å². The van der Waals surface area contributed by atoms with Crippen molar-refractivity contribution in [2.75, 3.05) is 20.0 Å². The number of rotatable bonds is 4. The van der Waals surface area contributed by atoms with Gasteiger partial charge >= 0.3 is 0 Å². The Morgan fingerprint density at radius 1 is 1.24 bits per heavy atom. The first-order chi connectivity index (χ1) is 9.90. The molecule has 0 amide bonds. The van der Waals surface area contributed by atoms with E-state index >= 15 is 0 Å². The lowest BCUT2D eigenvalue weighted by molar-refractivity contribution is 0.350. The predicted molar refractivity (Wildman–Crippen MR) is 77.9 cm³/mol. The van der Waals surface area contributed by atoms with Crippen LogP contribution in [0, 0.1) is 5.82 Å². The van der Waals surface area contributed by atoms with E-state index in [-0.39, 0.29) is 17.1 Å². The van der Waals surface area contributed by atoms with Crippen molar-refractivity contribution in [3.8, 4) is 11.5 Å². The van der Waals surface area contributed by atoms with Crippen LogP contribution < -0.4 is 15.2 Å². The summed E-state index contributed by atoms with van der Waals surface area (Å²) in [5.41, 5.74) is 6.19. The maximum Gasteiger partial charge on any atom is 0.163 e. The topological polar surface area (TPSA) is 78.6 Å². The van der Waals surface area contributed by atoms with Crippen molar-refractivity contribution >= 4 is 9.84 Å². The van der Waals surface area contributed by atoms with E-state index in [2.05, 4.69) is 0 Å². The maximum atomic E-state index is 14.2. The summed E-state index contributed by atoms with van der Waals surface area (Å²) < 4.78 is 48.6. The average Bonchev–Trinajstić information content (AvgIpc) is 2.45. The lowest BCUT2D eigenvalue weighted by Crippen LogP contribution is -2.38. The quantitative estimate of drug-likeness (QED) is 0.916. The van der Waals surface area contributed by atoms with Crippen LogP contribution in [0.5, 0.6) is 11.5 Å². The summed E-state index contributed by atoms with van der Waals surface area (Å²) in [6, 6.07) is 1.68. The molecule has 0 saturated carbocycles. The van der Waals surface area contributed by atoms with Crippen LogP contribution in [-0.2, 0) is 9.84 Å². The molecule has 2 atom stereocenters. The molecular weight excluding hydrogens is 297 g/mol. The highest BCUT2D eigenvalue weighted by Crippen LogP contribution is 2.36. The second-order valence-electron chi connectivity index (χ2n) is 5.16. The van der Waals surface area contributed by atoms with E-state index in [4.69, 9.17) is 15.2 Å². The van der Waals surface area contributed by atoms with Gasteiger partial charge < -0.3 is 15.2 Å². The first kappa shape index (κ1) is 16.0. The Balaban J connectivity index is 2.41. The Kier molecular flexibility index (Phi) is 4.73. The third-order valence-electron chi connectivity index (χ3n) is 3.89. The van der Waals surface area contributed by atoms with Gasteiger partial charge in [0.1, 0.15) is 5.82 Å². The van der Waals surface area contributed by atoms with Gasteiger partial charge in [-0.25, -0.2) is 12.8 Å². The van der Waals surface area contributed by atoms with Crippen LogP contribution in [0.25, 0.3) is 0 Å². The molecule has 21 heavy (non-hydrogen) atoms. The lowest BCUT2D eigenvalue weighted by Gasteiger charge is -2.28. The predicted octanol–water partition coefficient (Wildman–Crippen LogP) is 1.81. The zero-order chi connectivity index (χ0) is 15.6. The number of hydrogen-bond donors (Lipinski definition) is 1. The summed E-state index contributed by atoms with van der Waals surface area (Å²) in [4.78, 5) is 0. The molecule has 2 N–H and O–H groups in total. The molecule has 1 aromatic carbocycles. The highest BCUT2D eigenvalue weighted by atomic mass is 32.2. The van der Waals surface area contributed by atoms with Crippen molar-refractivity contribution in [3.63, 3.8) is 0 Å². The normalized spacial score (nSPS) is 22.6. The van der Waals surface area contributed by atoms with Gasteiger partial charge in [-0.05, 0) is 18.9 Å². The van der Waals surface area contributed by atoms with Crippen LogP contribution in [0.2, 0.25) is 0 Å². The molecule has 5 nitrogen and oxygen atoms in total. The monoisotopic (exact) mass is 317 g/mol. The zero-order valence-electron chi connectivity index (χ0n) is 12.1. The molecule has 1 fully saturated rings. The van der Waals surface area contributed by atoms with Crippen molar-refractivity contribution in [2.45, 2.75) is 30.6 Å². The lowest BCUT2D eigenvalue weighted by atomic mass is 9.99. The number of methoxy groups -OCH3 is 2. The van der Waals surface area contributed by atoms with Gasteiger partial charge in [-0.1, -0.05) is 6.42 Å². The molecule has 1 aliphatic rings. The number of hydrogen-bond acceptors (Lipinski definition) is 5. The molecule has 1 aromatic rings. The fraction of sp³-hybridized carbons (Fsp3) is 0.571. The van der Waals surface area contributed by atoms with E-state index in [1.807, 2.05) is 0 Å². The minimum Gasteiger partial charge on any atom is -0.493 e. The molecule has 0 aliphatic carbocycles. The number of benzene rings is 1. The molecule has 118 valence electrons. The average molecular weight is 317 g/mol. The highest BCUT2D eigenvalue weighted by molar-refractivity contribution is 7.92. The smallest absolute Gasteiger partial charge is 0.163 e. The number of nitrogens with two attached hydrogens (primary N) is 1. The third-order valence-corrected chi connectivity index (χ3v) is 6.20. The van der Waals surface area contributed by atoms with Crippen molar-refractivity contribution in [1.82, 2.24) is 0 Å². The van der Waals surface area contributed by atoms with Gasteiger partial charge in [-0.2, -0.15) is 0 Å². The van der Waals surface area contributed by atoms with Gasteiger partial charge in [0.05, 0.1) is 25.2 Å². The van der Waals surface area contributed by atoms with Crippen LogP contribution in [0.4, 0.5) is 4.39 Å². The fourth-order valence-corrected chi connectivity index (χ4v) is 4.74. The molecule has 1 heterocycles. The van der Waals surface area contributed by atoms with Gasteiger partial charge in [0, 0.05) is 17.7 Å². The summed E-state index contributed by atoms with van der Waals surface area (Å²) in [6.07, 6.45) is 1.88. The van der Waals surface area contributed by atoms with Gasteiger partial charge in [-0.15, -0.1) is 0 Å². The molecule has 1 saturated heterocycles. The summed E-state index contributed by atoms with van der Waals surface area (Å²) >= 11 is 0. The van der Waals surface area contributed by atoms with E-state index in [0.29, 0.717) is 18.6 Å². The Morgan fingerprint density at radius 2 is 1.86 bits per heavy atom. The van der Waals surface area contributed by atoms with Gasteiger partial charge in [0.25, 0.3) is 0 Å². The van der Waals surface area contributed by atoms with Gasteiger partial charge in [0.2, 0.25) is 0 Å². The molecule has 1 aliphatic heterocycles. The van der Waals surface area contributed by atoms with Crippen LogP contribution in [0.15, 0.2) is 12.1 Å². The summed E-state index contributed by atoms with van der Waals surface area (Å²) in [6.45, 7) is 0. The first-order valence-corrected chi connectivity index (χ1v) is 8.51. The number of ether oxygens (including phenoxy) is 2. The molecular formula is C14H20FNO4S. The van der Waals surface area contributed by atoms with Crippen molar-refractivity contribution in [1.29, 1.82) is 0 Å². The highest BCUT2D eigenvalue weighted by Gasteiger charge is 2.36. The molecule has 2 rings (SSSR count). The largest absolute Gasteiger partial charge is 0.493 e. The van der Waals surface area contributed by atoms with E-state index in [0.717, 1.165) is 6.42 Å². The maximum absolute atomic E-state index is 14.2. The van der Waals surface area contributed by atoms with Crippen LogP contribution >= 0.6 is 0 Å².